The van der Waals surface area contributed by atoms with Gasteiger partial charge in [-0.25, -0.2) is 26.8 Å². The molecule has 0 atom stereocenters. The number of phenolic OH excluding ortho intramolecular Hbond substituents is 1. The summed E-state index contributed by atoms with van der Waals surface area (Å²) in [6.07, 6.45) is 7.21. The maximum absolute atomic E-state index is 13.5. The number of rotatable bonds is 23. The molecule has 2 fully saturated rings. The van der Waals surface area contributed by atoms with Crippen LogP contribution in [0.5, 0.6) is 40.2 Å². The molecular formula is C98H109BrN10O16S2. The van der Waals surface area contributed by atoms with Gasteiger partial charge in [0.15, 0.2) is 5.78 Å². The number of para-hydroxylation sites is 3. The normalized spacial score (nSPS) is 12.3. The summed E-state index contributed by atoms with van der Waals surface area (Å²) in [6, 6.07) is 70.6. The van der Waals surface area contributed by atoms with Crippen molar-refractivity contribution in [2.45, 2.75) is 117 Å². The average molecular weight is 1830 g/mol. The van der Waals surface area contributed by atoms with Crippen molar-refractivity contribution in [2.75, 3.05) is 86.4 Å². The van der Waals surface area contributed by atoms with Gasteiger partial charge in [-0.15, -0.1) is 0 Å². The van der Waals surface area contributed by atoms with Gasteiger partial charge in [-0.1, -0.05) is 129 Å². The third kappa shape index (κ3) is 28.3. The first kappa shape index (κ1) is 97.4. The summed E-state index contributed by atoms with van der Waals surface area (Å²) in [7, 11) is -3.36. The lowest BCUT2D eigenvalue weighted by molar-refractivity contribution is -0.131. The summed E-state index contributed by atoms with van der Waals surface area (Å²) < 4.78 is 89.2. The number of hydrogen-bond acceptors (Lipinski definition) is 19. The highest BCUT2D eigenvalue weighted by Crippen LogP contribution is 2.38. The Bertz CT molecular complexity index is 5970. The number of aliphatic imine (C=N–C) groups is 1. The summed E-state index contributed by atoms with van der Waals surface area (Å²) in [5.41, 5.74) is 15.5. The Kier molecular flexibility index (Phi) is 36.5. The molecule has 2 saturated heterocycles. The Labute approximate surface area is 751 Å². The number of likely N-dealkylation sites (tertiary alicyclic amines) is 2. The minimum absolute atomic E-state index is 0.0948. The molecule has 0 unspecified atom stereocenters. The van der Waals surface area contributed by atoms with Crippen LogP contribution in [0.15, 0.2) is 277 Å². The van der Waals surface area contributed by atoms with E-state index in [0.717, 1.165) is 86.8 Å². The summed E-state index contributed by atoms with van der Waals surface area (Å²) in [5.74, 6) is 3.46. The maximum atomic E-state index is 13.5. The zero-order valence-electron chi connectivity index (χ0n) is 73.4. The molecule has 0 bridgehead atoms. The van der Waals surface area contributed by atoms with Crippen LogP contribution < -0.4 is 54.1 Å². The van der Waals surface area contributed by atoms with E-state index in [-0.39, 0.29) is 75.0 Å². The second kappa shape index (κ2) is 47.6. The number of nitrogens with zero attached hydrogens (tertiary/aromatic N) is 7. The number of carbonyl (C=O) groups is 4. The number of benzene rings is 10. The predicted molar refractivity (Wildman–Crippen MR) is 503 cm³/mol. The molecule has 666 valence electrons. The topological polar surface area (TPSA) is 334 Å². The lowest BCUT2D eigenvalue weighted by Gasteiger charge is -2.31. The van der Waals surface area contributed by atoms with E-state index in [4.69, 9.17) is 33.8 Å². The number of carbonyl (C=O) groups excluding carboxylic acids is 4. The van der Waals surface area contributed by atoms with Crippen LogP contribution in [0.1, 0.15) is 126 Å². The number of methoxy groups -OCH3 is 3. The number of amides is 3. The highest BCUT2D eigenvalue weighted by Gasteiger charge is 2.34. The van der Waals surface area contributed by atoms with Crippen molar-refractivity contribution < 1.29 is 69.2 Å². The van der Waals surface area contributed by atoms with Gasteiger partial charge in [-0.2, -0.15) is 4.99 Å². The first-order chi connectivity index (χ1) is 60.9. The number of hydrogen-bond donors (Lipinski definition) is 4. The molecule has 0 radical (unpaired) electrons. The van der Waals surface area contributed by atoms with Crippen molar-refractivity contribution in [3.63, 3.8) is 0 Å². The Morgan fingerprint density at radius 3 is 1.56 bits per heavy atom. The fourth-order valence-electron chi connectivity index (χ4n) is 13.4. The van der Waals surface area contributed by atoms with E-state index in [1.807, 2.05) is 113 Å². The molecule has 0 saturated carbocycles. The van der Waals surface area contributed by atoms with Crippen LogP contribution in [-0.2, 0) is 29.6 Å². The average Bonchev–Trinajstić information content (AvgIpc) is 0.778. The number of nitrogens with two attached hydrogens (primary N) is 1. The molecule has 127 heavy (non-hydrogen) atoms. The van der Waals surface area contributed by atoms with E-state index < -0.39 is 20.0 Å². The van der Waals surface area contributed by atoms with E-state index in [1.54, 1.807) is 140 Å². The number of fused-ring (bicyclic) bond motifs is 1. The molecule has 5 N–H and O–H groups in total. The summed E-state index contributed by atoms with van der Waals surface area (Å²) in [4.78, 5) is 77.5. The van der Waals surface area contributed by atoms with Crippen LogP contribution in [0, 0.1) is 34.6 Å². The summed E-state index contributed by atoms with van der Waals surface area (Å²) in [5, 5.41) is 15.9. The lowest BCUT2D eigenvalue weighted by atomic mass is 10.0. The van der Waals surface area contributed by atoms with Crippen LogP contribution >= 0.6 is 15.9 Å². The quantitative estimate of drug-likeness (QED) is 0.0262. The standard InChI is InChI=1S/C21H26N2O5S.C21H26N2O4S.C16H16BrNO2.C16H21N5.C16H12O4.C8H8O/c1-27-17-11-12-20(28-2)19(15-17)23(16-21(24)22-13-7-4-8-14-22)29(25,26)18-9-5-3-6-10-18;1-2-27-20-14-8-7-13-19(20)23(17-21(24)22-15-9-4-10-16-22)28(25,26)18-11-5-3-6-12-18;1-10-6-11(2)8-13(7-10)18-16(19)12-4-5-15(20-3)14(17)9-12;1-10(2)13-5-7-14(8-6-13)20-15(17)21-16-18-11(3)9-12(4)19-16;1-10-13(17)8-7-12-15(18)14(9-19-16(10)12)20-11-5-3-2-4-6-11;1-7(9)8-5-3-2-4-6-8/h3,5-6,9-12,15H,4,7-8,13-14,16H2,1-2H3;3,5-8,11-14H,2,4,9-10,15-17H2,1H3;4-9H,1-3H3,(H,18,19);5-10H,1-4H3,(H3,17,18,19,20,21);2-9,17H,1H3;2-6H,1H3. The molecule has 29 heteroatoms. The maximum Gasteiger partial charge on any atom is 0.264 e. The molecule has 14 rings (SSSR count). The lowest BCUT2D eigenvalue weighted by Crippen LogP contribution is -2.45. The first-order valence-corrected chi connectivity index (χ1v) is 45.0. The molecule has 2 aromatic heterocycles. The molecule has 3 amide bonds. The van der Waals surface area contributed by atoms with Crippen molar-refractivity contribution in [3.05, 3.63) is 308 Å². The minimum atomic E-state index is -4.00. The third-order valence-corrected chi connectivity index (χ3v) is 24.1. The van der Waals surface area contributed by atoms with Crippen LogP contribution in [-0.4, -0.2) is 138 Å². The highest BCUT2D eigenvalue weighted by molar-refractivity contribution is 9.10. The number of nitrogens with one attached hydrogen (secondary N) is 2. The van der Waals surface area contributed by atoms with Crippen LogP contribution in [0.3, 0.4) is 0 Å². The Balaban J connectivity index is 0.000000176. The zero-order chi connectivity index (χ0) is 91.7. The molecule has 26 nitrogen and oxygen atoms in total. The van der Waals surface area contributed by atoms with Gasteiger partial charge < -0.3 is 59.4 Å². The van der Waals surface area contributed by atoms with Gasteiger partial charge in [0, 0.05) is 71.7 Å². The minimum Gasteiger partial charge on any atom is -0.508 e. The van der Waals surface area contributed by atoms with Crippen LogP contribution in [0.2, 0.25) is 0 Å². The van der Waals surface area contributed by atoms with Gasteiger partial charge >= 0.3 is 0 Å². The number of halogens is 1. The predicted octanol–water partition coefficient (Wildman–Crippen LogP) is 19.3. The molecule has 2 aliphatic heterocycles. The number of ketones is 1. The number of ether oxygens (including phenoxy) is 5. The number of phenols is 1. The highest BCUT2D eigenvalue weighted by atomic mass is 79.9. The van der Waals surface area contributed by atoms with Crippen molar-refractivity contribution in [2.24, 2.45) is 10.7 Å². The van der Waals surface area contributed by atoms with E-state index >= 15 is 0 Å². The molecular weight excluding hydrogens is 1720 g/mol. The van der Waals surface area contributed by atoms with Crippen molar-refractivity contribution >= 4 is 105 Å². The number of Topliss-reactive ketones (excluding diaryl/α,β-unsaturated/α-hetero) is 1. The number of aromatic nitrogens is 2. The van der Waals surface area contributed by atoms with Crippen LogP contribution in [0.4, 0.5) is 28.7 Å². The van der Waals surface area contributed by atoms with Crippen molar-refractivity contribution in [1.29, 1.82) is 0 Å². The molecule has 0 spiro atoms. The molecule has 12 aromatic rings. The number of aryl methyl sites for hydroxylation is 5. The molecule has 10 aromatic carbocycles. The summed E-state index contributed by atoms with van der Waals surface area (Å²) in [6.45, 7) is 19.7. The van der Waals surface area contributed by atoms with Gasteiger partial charge in [0.25, 0.3) is 31.9 Å². The van der Waals surface area contributed by atoms with Gasteiger partial charge in [0.05, 0.1) is 59.0 Å². The van der Waals surface area contributed by atoms with Gasteiger partial charge in [0.1, 0.15) is 59.4 Å². The fourth-order valence-corrected chi connectivity index (χ4v) is 16.8. The Hall–Kier alpha value is -13.4. The molecule has 0 aliphatic carbocycles. The first-order valence-electron chi connectivity index (χ1n) is 41.4. The molecule has 4 heterocycles. The van der Waals surface area contributed by atoms with E-state index in [1.165, 1.54) is 66.7 Å². The zero-order valence-corrected chi connectivity index (χ0v) is 76.6. The van der Waals surface area contributed by atoms with Gasteiger partial charge in [0.2, 0.25) is 29.0 Å². The Morgan fingerprint density at radius 2 is 1.06 bits per heavy atom. The second-order valence-electron chi connectivity index (χ2n) is 29.9. The van der Waals surface area contributed by atoms with Crippen LogP contribution in [0.25, 0.3) is 11.0 Å². The number of piperidine rings is 2. The second-order valence-corrected chi connectivity index (χ2v) is 34.4. The molecule has 2 aliphatic rings. The van der Waals surface area contributed by atoms with E-state index in [2.05, 4.69) is 73.6 Å². The smallest absolute Gasteiger partial charge is 0.264 e. The SMILES string of the molecule is CC(=O)c1ccccc1.CCOc1ccccc1N(CC(=O)N1CCCCC1)S(=O)(=O)c1ccccc1.COc1ccc(C(=O)Nc2cc(C)cc(C)c2)cc1Br.COc1ccc(OC)c(N(CC(=O)N2CCCCC2)S(=O)(=O)c2ccccc2)c1.Cc1c(O)ccc2c(=O)c(Oc3ccccc3)coc12.Cc1cc(C)nc(N=C(N)Nc2ccc(C(C)C)cc2)n1. The Morgan fingerprint density at radius 1 is 0.543 bits per heavy atom. The largest absolute Gasteiger partial charge is 0.508 e. The van der Waals surface area contributed by atoms with Gasteiger partial charge in [-0.05, 0) is 247 Å². The third-order valence-electron chi connectivity index (χ3n) is 19.9. The number of anilines is 4. The number of sulfonamides is 2. The van der Waals surface area contributed by atoms with Gasteiger partial charge in [-0.3, -0.25) is 32.6 Å². The number of aromatic hydroxyl groups is 1. The van der Waals surface area contributed by atoms with Crippen molar-refractivity contribution in [1.82, 2.24) is 19.8 Å². The number of guanidine groups is 1. The monoisotopic (exact) mass is 1820 g/mol. The van der Waals surface area contributed by atoms with E-state index in [9.17, 15) is 45.9 Å². The fraction of sp³-hybridized carbons (Fsp3) is 0.265. The van der Waals surface area contributed by atoms with E-state index in [0.29, 0.717) is 101 Å². The summed E-state index contributed by atoms with van der Waals surface area (Å²) >= 11 is 3.38. The van der Waals surface area contributed by atoms with Crippen molar-refractivity contribution in [3.8, 4) is 40.2 Å².